The summed E-state index contributed by atoms with van der Waals surface area (Å²) in [5, 5.41) is 7.21. The van der Waals surface area contributed by atoms with Gasteiger partial charge in [-0.15, -0.1) is 0 Å². The van der Waals surface area contributed by atoms with E-state index in [9.17, 15) is 13.2 Å². The van der Waals surface area contributed by atoms with Crippen LogP contribution in [0.25, 0.3) is 0 Å². The van der Waals surface area contributed by atoms with Crippen LogP contribution in [-0.4, -0.2) is 65.7 Å². The highest BCUT2D eigenvalue weighted by Crippen LogP contribution is 2.29. The minimum atomic E-state index is -3.20. The van der Waals surface area contributed by atoms with Gasteiger partial charge in [-0.05, 0) is 38.2 Å². The highest BCUT2D eigenvalue weighted by molar-refractivity contribution is 7.88. The predicted octanol–water partition coefficient (Wildman–Crippen LogP) is 0.842. The number of amides is 1. The first kappa shape index (κ1) is 17.4. The highest BCUT2D eigenvalue weighted by atomic mass is 32.2. The van der Waals surface area contributed by atoms with Crippen LogP contribution in [0.15, 0.2) is 0 Å². The molecule has 0 aromatic carbocycles. The molecule has 134 valence electrons. The summed E-state index contributed by atoms with van der Waals surface area (Å²) in [5.41, 5.74) is 3.09. The number of rotatable bonds is 4. The van der Waals surface area contributed by atoms with Gasteiger partial charge in [0.25, 0.3) is 0 Å². The third kappa shape index (κ3) is 3.49. The van der Waals surface area contributed by atoms with E-state index in [-0.39, 0.29) is 17.9 Å². The molecule has 3 aliphatic heterocycles. The molecular weight excluding hydrogens is 328 g/mol. The third-order valence-corrected chi connectivity index (χ3v) is 6.64. The van der Waals surface area contributed by atoms with Crippen LogP contribution in [-0.2, 0) is 21.2 Å². The van der Waals surface area contributed by atoms with Crippen molar-refractivity contribution in [3.8, 4) is 0 Å². The first-order chi connectivity index (χ1) is 11.3. The summed E-state index contributed by atoms with van der Waals surface area (Å²) >= 11 is 0. The molecule has 0 spiro atoms. The predicted molar refractivity (Wildman–Crippen MR) is 91.0 cm³/mol. The van der Waals surface area contributed by atoms with Gasteiger partial charge in [-0.25, -0.2) is 8.42 Å². The van der Waals surface area contributed by atoms with Gasteiger partial charge < -0.3 is 4.90 Å². The molecule has 0 radical (unpaired) electrons. The van der Waals surface area contributed by atoms with Crippen LogP contribution >= 0.6 is 0 Å². The van der Waals surface area contributed by atoms with Crippen molar-refractivity contribution in [3.05, 3.63) is 17.0 Å². The Hall–Kier alpha value is -1.41. The first-order valence-corrected chi connectivity index (χ1v) is 10.4. The Labute approximate surface area is 143 Å². The van der Waals surface area contributed by atoms with E-state index < -0.39 is 10.0 Å². The molecule has 2 atom stereocenters. The maximum absolute atomic E-state index is 12.7. The van der Waals surface area contributed by atoms with Gasteiger partial charge in [0.2, 0.25) is 15.9 Å². The molecule has 1 amide bonds. The number of hydrogen-bond donors (Lipinski definition) is 1. The van der Waals surface area contributed by atoms with Gasteiger partial charge in [0.15, 0.2) is 0 Å². The lowest BCUT2D eigenvalue weighted by molar-refractivity contribution is -0.135. The van der Waals surface area contributed by atoms with E-state index in [1.165, 1.54) is 6.26 Å². The summed E-state index contributed by atoms with van der Waals surface area (Å²) in [7, 11) is -3.20. The smallest absolute Gasteiger partial charge is 0.223 e. The number of fused-ring (bicyclic) bond motifs is 4. The summed E-state index contributed by atoms with van der Waals surface area (Å²) < 4.78 is 25.3. The summed E-state index contributed by atoms with van der Waals surface area (Å²) in [5.74, 6) is 0.358. The van der Waals surface area contributed by atoms with Crippen molar-refractivity contribution in [3.63, 3.8) is 0 Å². The molecule has 0 aliphatic carbocycles. The number of sulfonamides is 1. The second-order valence-corrected chi connectivity index (χ2v) is 9.13. The molecule has 1 aromatic heterocycles. The Bertz CT molecular complexity index is 728. The monoisotopic (exact) mass is 354 g/mol. The van der Waals surface area contributed by atoms with Gasteiger partial charge in [-0.3, -0.25) is 9.89 Å². The topological polar surface area (TPSA) is 86.4 Å². The lowest BCUT2D eigenvalue weighted by Crippen LogP contribution is -2.47. The number of aromatic nitrogens is 2. The van der Waals surface area contributed by atoms with Crippen molar-refractivity contribution >= 4 is 15.9 Å². The molecule has 4 rings (SSSR count). The van der Waals surface area contributed by atoms with Gasteiger partial charge in [-0.2, -0.15) is 9.40 Å². The number of nitrogens with zero attached hydrogens (tertiary/aromatic N) is 3. The van der Waals surface area contributed by atoms with E-state index in [1.807, 2.05) is 18.7 Å². The Morgan fingerprint density at radius 2 is 2.00 bits per heavy atom. The zero-order valence-electron chi connectivity index (χ0n) is 14.6. The molecule has 1 N–H and O–H groups in total. The standard InChI is InChI=1S/C16H26N4O3S/c1-11-12(2)17-18-15(11)6-7-16(21)20-9-13-4-5-14(20)10-19(8-13)24(3,22)23/h13-14H,4-10H2,1-3H3,(H,17,18)/t13-,14+/m0/s1. The van der Waals surface area contributed by atoms with Crippen LogP contribution in [0.1, 0.15) is 36.2 Å². The summed E-state index contributed by atoms with van der Waals surface area (Å²) in [6.07, 6.45) is 4.19. The number of piperidine rings is 1. The molecule has 3 saturated heterocycles. The van der Waals surface area contributed by atoms with Crippen LogP contribution in [0.4, 0.5) is 0 Å². The largest absolute Gasteiger partial charge is 0.338 e. The Kier molecular flexibility index (Phi) is 4.70. The lowest BCUT2D eigenvalue weighted by Gasteiger charge is -2.36. The van der Waals surface area contributed by atoms with Crippen LogP contribution in [0.2, 0.25) is 0 Å². The van der Waals surface area contributed by atoms with Crippen LogP contribution in [0, 0.1) is 19.8 Å². The van der Waals surface area contributed by atoms with Gasteiger partial charge >= 0.3 is 0 Å². The Balaban J connectivity index is 1.66. The second-order valence-electron chi connectivity index (χ2n) is 7.14. The molecule has 1 aromatic rings. The minimum Gasteiger partial charge on any atom is -0.338 e. The highest BCUT2D eigenvalue weighted by Gasteiger charge is 2.39. The molecule has 3 fully saturated rings. The lowest BCUT2D eigenvalue weighted by atomic mass is 9.94. The third-order valence-electron chi connectivity index (χ3n) is 5.40. The fraction of sp³-hybridized carbons (Fsp3) is 0.750. The van der Waals surface area contributed by atoms with Gasteiger partial charge in [0, 0.05) is 44.2 Å². The van der Waals surface area contributed by atoms with Crippen LogP contribution < -0.4 is 0 Å². The molecular formula is C16H26N4O3S. The maximum Gasteiger partial charge on any atom is 0.223 e. The number of nitrogens with one attached hydrogen (secondary N) is 1. The maximum atomic E-state index is 12.7. The number of aryl methyl sites for hydroxylation is 2. The van der Waals surface area contributed by atoms with Crippen molar-refractivity contribution in [2.45, 2.75) is 45.6 Å². The number of aromatic amines is 1. The number of carbonyl (C=O) groups is 1. The summed E-state index contributed by atoms with van der Waals surface area (Å²) in [4.78, 5) is 14.6. The van der Waals surface area contributed by atoms with Crippen molar-refractivity contribution in [1.29, 1.82) is 0 Å². The van der Waals surface area contributed by atoms with Crippen molar-refractivity contribution < 1.29 is 13.2 Å². The minimum absolute atomic E-state index is 0.00740. The quantitative estimate of drug-likeness (QED) is 0.868. The van der Waals surface area contributed by atoms with E-state index in [0.29, 0.717) is 32.5 Å². The summed E-state index contributed by atoms with van der Waals surface area (Å²) in [6, 6.07) is 0.00740. The average molecular weight is 354 g/mol. The molecule has 24 heavy (non-hydrogen) atoms. The van der Waals surface area contributed by atoms with E-state index in [4.69, 9.17) is 0 Å². The second kappa shape index (κ2) is 6.48. The van der Waals surface area contributed by atoms with E-state index in [0.717, 1.165) is 29.8 Å². The normalized spacial score (nSPS) is 25.0. The van der Waals surface area contributed by atoms with Gasteiger partial charge in [0.1, 0.15) is 0 Å². The molecule has 0 unspecified atom stereocenters. The first-order valence-electron chi connectivity index (χ1n) is 8.50. The zero-order chi connectivity index (χ0) is 17.5. The fourth-order valence-electron chi connectivity index (χ4n) is 3.76. The zero-order valence-corrected chi connectivity index (χ0v) is 15.4. The molecule has 7 nitrogen and oxygen atoms in total. The van der Waals surface area contributed by atoms with Crippen LogP contribution in [0.3, 0.4) is 0 Å². The molecule has 8 heteroatoms. The number of H-pyrrole nitrogens is 1. The molecule has 3 aliphatic rings. The molecule has 0 saturated carbocycles. The van der Waals surface area contributed by atoms with Crippen LogP contribution in [0.5, 0.6) is 0 Å². The number of hydrogen-bond acceptors (Lipinski definition) is 4. The van der Waals surface area contributed by atoms with E-state index >= 15 is 0 Å². The average Bonchev–Trinajstić information content (AvgIpc) is 2.74. The van der Waals surface area contributed by atoms with Crippen molar-refractivity contribution in [1.82, 2.24) is 19.4 Å². The molecule has 4 heterocycles. The van der Waals surface area contributed by atoms with Crippen molar-refractivity contribution in [2.75, 3.05) is 25.9 Å². The number of carbonyl (C=O) groups excluding carboxylic acids is 1. The molecule has 2 bridgehead atoms. The van der Waals surface area contributed by atoms with Gasteiger partial charge in [-0.1, -0.05) is 0 Å². The fourth-order valence-corrected chi connectivity index (χ4v) is 4.69. The summed E-state index contributed by atoms with van der Waals surface area (Å²) in [6.45, 7) is 5.63. The Morgan fingerprint density at radius 1 is 1.25 bits per heavy atom. The Morgan fingerprint density at radius 3 is 2.62 bits per heavy atom. The van der Waals surface area contributed by atoms with E-state index in [2.05, 4.69) is 10.2 Å². The van der Waals surface area contributed by atoms with E-state index in [1.54, 1.807) is 4.31 Å². The van der Waals surface area contributed by atoms with Gasteiger partial charge in [0.05, 0.1) is 11.9 Å². The SMILES string of the molecule is Cc1[nH]nc(CCC(=O)N2C[C@H]3CC[C@@H]2CN(S(C)(=O)=O)C3)c1C. The van der Waals surface area contributed by atoms with Crippen molar-refractivity contribution in [2.24, 2.45) is 5.92 Å².